The SMILES string of the molecule is N#Cc1ncc(N2CCC(c3ccc(OCCCCBr)cc3)CC2)cc1C(F)(F)F. The van der Waals surface area contributed by atoms with Crippen LogP contribution in [0.5, 0.6) is 5.75 Å². The number of ether oxygens (including phenoxy) is 1. The van der Waals surface area contributed by atoms with Gasteiger partial charge in [-0.15, -0.1) is 0 Å². The molecule has 4 nitrogen and oxygen atoms in total. The minimum Gasteiger partial charge on any atom is -0.494 e. The second kappa shape index (κ2) is 10.2. The van der Waals surface area contributed by atoms with Crippen LogP contribution in [0, 0.1) is 11.3 Å². The first kappa shape index (κ1) is 22.4. The van der Waals surface area contributed by atoms with Gasteiger partial charge in [0.05, 0.1) is 24.1 Å². The predicted molar refractivity (Wildman–Crippen MR) is 113 cm³/mol. The number of hydrogen-bond acceptors (Lipinski definition) is 4. The Kier molecular flexibility index (Phi) is 7.59. The summed E-state index contributed by atoms with van der Waals surface area (Å²) in [6.45, 7) is 1.97. The molecule has 0 atom stereocenters. The van der Waals surface area contributed by atoms with Gasteiger partial charge in [0, 0.05) is 18.4 Å². The smallest absolute Gasteiger partial charge is 0.419 e. The van der Waals surface area contributed by atoms with Crippen molar-refractivity contribution in [3.8, 4) is 11.8 Å². The Morgan fingerprint density at radius 1 is 1.17 bits per heavy atom. The van der Waals surface area contributed by atoms with Gasteiger partial charge in [0.2, 0.25) is 0 Å². The number of piperidine rings is 1. The minimum atomic E-state index is -4.59. The fourth-order valence-electron chi connectivity index (χ4n) is 3.63. The first-order valence-electron chi connectivity index (χ1n) is 9.93. The number of nitriles is 1. The molecule has 0 unspecified atom stereocenters. The molecule has 0 bridgehead atoms. The molecule has 2 aromatic rings. The third-order valence-electron chi connectivity index (χ3n) is 5.29. The molecule has 1 aliphatic heterocycles. The van der Waals surface area contributed by atoms with E-state index in [1.807, 2.05) is 17.0 Å². The van der Waals surface area contributed by atoms with E-state index in [9.17, 15) is 13.2 Å². The Labute approximate surface area is 182 Å². The number of pyridine rings is 1. The Morgan fingerprint density at radius 2 is 1.87 bits per heavy atom. The number of benzene rings is 1. The number of anilines is 1. The molecule has 1 aliphatic rings. The van der Waals surface area contributed by atoms with E-state index < -0.39 is 17.4 Å². The lowest BCUT2D eigenvalue weighted by molar-refractivity contribution is -0.138. The van der Waals surface area contributed by atoms with E-state index in [2.05, 4.69) is 33.0 Å². The summed E-state index contributed by atoms with van der Waals surface area (Å²) in [6, 6.07) is 10.7. The number of aromatic nitrogens is 1. The van der Waals surface area contributed by atoms with Crippen molar-refractivity contribution in [3.63, 3.8) is 0 Å². The average Bonchev–Trinajstić information content (AvgIpc) is 2.76. The molecule has 0 spiro atoms. The van der Waals surface area contributed by atoms with E-state index in [0.717, 1.165) is 42.8 Å². The van der Waals surface area contributed by atoms with Crippen molar-refractivity contribution in [1.82, 2.24) is 4.98 Å². The summed E-state index contributed by atoms with van der Waals surface area (Å²) >= 11 is 3.40. The zero-order valence-electron chi connectivity index (χ0n) is 16.5. The molecule has 2 heterocycles. The van der Waals surface area contributed by atoms with Gasteiger partial charge < -0.3 is 9.64 Å². The molecule has 1 saturated heterocycles. The van der Waals surface area contributed by atoms with E-state index in [1.54, 1.807) is 0 Å². The van der Waals surface area contributed by atoms with Crippen LogP contribution in [0.4, 0.5) is 18.9 Å². The molecule has 1 fully saturated rings. The molecule has 3 rings (SSSR count). The second-order valence-electron chi connectivity index (χ2n) is 7.27. The van der Waals surface area contributed by atoms with E-state index in [4.69, 9.17) is 10.00 Å². The summed E-state index contributed by atoms with van der Waals surface area (Å²) in [5, 5.41) is 9.87. The number of rotatable bonds is 7. The monoisotopic (exact) mass is 481 g/mol. The highest BCUT2D eigenvalue weighted by molar-refractivity contribution is 9.09. The van der Waals surface area contributed by atoms with E-state index in [1.165, 1.54) is 17.8 Å². The topological polar surface area (TPSA) is 49.2 Å². The summed E-state index contributed by atoms with van der Waals surface area (Å²) in [5.74, 6) is 1.21. The summed E-state index contributed by atoms with van der Waals surface area (Å²) < 4.78 is 45.3. The summed E-state index contributed by atoms with van der Waals surface area (Å²) in [4.78, 5) is 5.63. The fourth-order valence-corrected chi connectivity index (χ4v) is 4.02. The van der Waals surface area contributed by atoms with Crippen molar-refractivity contribution < 1.29 is 17.9 Å². The van der Waals surface area contributed by atoms with Gasteiger partial charge in [-0.1, -0.05) is 28.1 Å². The maximum Gasteiger partial charge on any atom is 0.419 e. The quantitative estimate of drug-likeness (QED) is 0.364. The molecule has 0 saturated carbocycles. The number of unbranched alkanes of at least 4 members (excludes halogenated alkanes) is 1. The Balaban J connectivity index is 1.59. The van der Waals surface area contributed by atoms with Crippen LogP contribution in [0.15, 0.2) is 36.5 Å². The summed E-state index contributed by atoms with van der Waals surface area (Å²) in [7, 11) is 0. The Bertz CT molecular complexity index is 873. The van der Waals surface area contributed by atoms with Crippen molar-refractivity contribution in [1.29, 1.82) is 5.26 Å². The number of nitrogens with zero attached hydrogens (tertiary/aromatic N) is 3. The van der Waals surface area contributed by atoms with Crippen LogP contribution in [0.3, 0.4) is 0 Å². The van der Waals surface area contributed by atoms with Gasteiger partial charge in [-0.3, -0.25) is 0 Å². The van der Waals surface area contributed by atoms with Crippen LogP contribution >= 0.6 is 15.9 Å². The van der Waals surface area contributed by atoms with Crippen molar-refractivity contribution in [3.05, 3.63) is 53.3 Å². The standard InChI is InChI=1S/C22H23BrF3N3O/c23-9-1-2-12-30-19-5-3-16(4-6-19)17-7-10-29(11-8-17)18-13-20(22(24,25)26)21(14-27)28-15-18/h3-6,13,15,17H,1-2,7-12H2. The lowest BCUT2D eigenvalue weighted by atomic mass is 9.89. The summed E-state index contributed by atoms with van der Waals surface area (Å²) in [6.07, 6.45) is 0.529. The molecule has 0 N–H and O–H groups in total. The Hall–Kier alpha value is -2.27. The van der Waals surface area contributed by atoms with Gasteiger partial charge in [0.15, 0.2) is 5.69 Å². The van der Waals surface area contributed by atoms with E-state index >= 15 is 0 Å². The van der Waals surface area contributed by atoms with Crippen molar-refractivity contribution in [2.45, 2.75) is 37.8 Å². The van der Waals surface area contributed by atoms with Gasteiger partial charge in [0.25, 0.3) is 0 Å². The molecular weight excluding hydrogens is 459 g/mol. The number of alkyl halides is 4. The highest BCUT2D eigenvalue weighted by atomic mass is 79.9. The molecular formula is C22H23BrF3N3O. The highest BCUT2D eigenvalue weighted by Crippen LogP contribution is 2.35. The van der Waals surface area contributed by atoms with Gasteiger partial charge in [-0.2, -0.15) is 18.4 Å². The molecule has 8 heteroatoms. The van der Waals surface area contributed by atoms with Crippen molar-refractivity contribution >= 4 is 21.6 Å². The maximum absolute atomic E-state index is 13.2. The second-order valence-corrected chi connectivity index (χ2v) is 8.07. The van der Waals surface area contributed by atoms with Crippen molar-refractivity contribution in [2.75, 3.05) is 29.9 Å². The Morgan fingerprint density at radius 3 is 2.47 bits per heavy atom. The molecule has 30 heavy (non-hydrogen) atoms. The third-order valence-corrected chi connectivity index (χ3v) is 5.85. The largest absolute Gasteiger partial charge is 0.494 e. The molecule has 160 valence electrons. The lowest BCUT2D eigenvalue weighted by Gasteiger charge is -2.34. The molecule has 0 amide bonds. The normalized spacial score (nSPS) is 15.1. The van der Waals surface area contributed by atoms with Gasteiger partial charge in [0.1, 0.15) is 11.8 Å². The predicted octanol–water partition coefficient (Wildman–Crippen LogP) is 5.91. The average molecular weight is 482 g/mol. The number of halogens is 4. The summed E-state index contributed by atoms with van der Waals surface area (Å²) in [5.41, 5.74) is 0.0652. The zero-order chi connectivity index (χ0) is 21.6. The van der Waals surface area contributed by atoms with E-state index in [0.29, 0.717) is 31.3 Å². The maximum atomic E-state index is 13.2. The van der Waals surface area contributed by atoms with Gasteiger partial charge in [-0.05, 0) is 55.4 Å². The van der Waals surface area contributed by atoms with Gasteiger partial charge >= 0.3 is 6.18 Å². The first-order valence-corrected chi connectivity index (χ1v) is 11.1. The van der Waals surface area contributed by atoms with Crippen LogP contribution in [0.25, 0.3) is 0 Å². The minimum absolute atomic E-state index is 0.358. The van der Waals surface area contributed by atoms with Gasteiger partial charge in [-0.25, -0.2) is 4.98 Å². The van der Waals surface area contributed by atoms with Crippen LogP contribution in [0.1, 0.15) is 48.4 Å². The van der Waals surface area contributed by atoms with E-state index in [-0.39, 0.29) is 0 Å². The third kappa shape index (κ3) is 5.66. The van der Waals surface area contributed by atoms with Crippen LogP contribution in [0.2, 0.25) is 0 Å². The number of hydrogen-bond donors (Lipinski definition) is 0. The molecule has 0 aliphatic carbocycles. The first-order chi connectivity index (χ1) is 14.4. The van der Waals surface area contributed by atoms with Crippen molar-refractivity contribution in [2.24, 2.45) is 0 Å². The highest BCUT2D eigenvalue weighted by Gasteiger charge is 2.35. The fraction of sp³-hybridized carbons (Fsp3) is 0.455. The molecule has 1 aromatic carbocycles. The van der Waals surface area contributed by atoms with Crippen LogP contribution in [-0.2, 0) is 6.18 Å². The zero-order valence-corrected chi connectivity index (χ0v) is 18.0. The van der Waals surface area contributed by atoms with Crippen LogP contribution in [-0.4, -0.2) is 30.0 Å². The van der Waals surface area contributed by atoms with Crippen LogP contribution < -0.4 is 9.64 Å². The lowest BCUT2D eigenvalue weighted by Crippen LogP contribution is -2.33. The molecule has 1 aromatic heterocycles. The molecule has 0 radical (unpaired) electrons.